The number of ether oxygens (including phenoxy) is 2. The summed E-state index contributed by atoms with van der Waals surface area (Å²) in [5.41, 5.74) is 0.116. The Labute approximate surface area is 102 Å². The molecule has 0 aromatic heterocycles. The molecule has 16 heavy (non-hydrogen) atoms. The number of rotatable bonds is 11. The minimum Gasteiger partial charge on any atom is -0.385 e. The molecule has 0 saturated heterocycles. The van der Waals surface area contributed by atoms with E-state index in [9.17, 15) is 0 Å². The lowest BCUT2D eigenvalue weighted by Gasteiger charge is -2.33. The Bertz CT molecular complexity index is 138. The average molecular weight is 230 g/mol. The summed E-state index contributed by atoms with van der Waals surface area (Å²) < 4.78 is 11.0. The maximum absolute atomic E-state index is 5.83. The average Bonchev–Trinajstić information content (AvgIpc) is 2.32. The lowest BCUT2D eigenvalue weighted by Crippen LogP contribution is -2.31. The summed E-state index contributed by atoms with van der Waals surface area (Å²) in [5, 5.41) is 0. The van der Waals surface area contributed by atoms with Crippen molar-refractivity contribution in [1.29, 1.82) is 0 Å². The second-order valence-corrected chi connectivity index (χ2v) is 4.69. The van der Waals surface area contributed by atoms with E-state index in [0.29, 0.717) is 0 Å². The molecule has 0 aliphatic rings. The third kappa shape index (κ3) is 6.49. The maximum atomic E-state index is 5.83. The van der Waals surface area contributed by atoms with Crippen molar-refractivity contribution in [2.24, 2.45) is 0 Å². The molecule has 0 radical (unpaired) electrons. The molecular weight excluding hydrogens is 200 g/mol. The van der Waals surface area contributed by atoms with E-state index >= 15 is 0 Å². The fourth-order valence-electron chi connectivity index (χ4n) is 2.22. The van der Waals surface area contributed by atoms with Gasteiger partial charge >= 0.3 is 0 Å². The Morgan fingerprint density at radius 3 is 1.69 bits per heavy atom. The van der Waals surface area contributed by atoms with Gasteiger partial charge in [0, 0.05) is 20.8 Å². The standard InChI is InChI=1S/C14H30O2/c1-5-7-10-14(16-4,11-8-6-2)12-9-13-15-3/h5-13H2,1-4H3. The molecule has 0 aromatic rings. The highest BCUT2D eigenvalue weighted by Gasteiger charge is 2.27. The van der Waals surface area contributed by atoms with Gasteiger partial charge in [0.05, 0.1) is 5.60 Å². The highest BCUT2D eigenvalue weighted by molar-refractivity contribution is 4.80. The van der Waals surface area contributed by atoms with Crippen LogP contribution >= 0.6 is 0 Å². The topological polar surface area (TPSA) is 18.5 Å². The van der Waals surface area contributed by atoms with Crippen molar-refractivity contribution in [1.82, 2.24) is 0 Å². The largest absolute Gasteiger partial charge is 0.385 e. The van der Waals surface area contributed by atoms with Crippen LogP contribution in [0, 0.1) is 0 Å². The maximum Gasteiger partial charge on any atom is 0.0679 e. The Hall–Kier alpha value is -0.0800. The molecule has 0 aromatic carbocycles. The van der Waals surface area contributed by atoms with Crippen molar-refractivity contribution in [2.45, 2.75) is 70.8 Å². The smallest absolute Gasteiger partial charge is 0.0679 e. The fourth-order valence-corrected chi connectivity index (χ4v) is 2.22. The Balaban J connectivity index is 4.16. The minimum absolute atomic E-state index is 0.116. The van der Waals surface area contributed by atoms with Gasteiger partial charge in [-0.15, -0.1) is 0 Å². The summed E-state index contributed by atoms with van der Waals surface area (Å²) in [5.74, 6) is 0. The summed E-state index contributed by atoms with van der Waals surface area (Å²) in [7, 11) is 3.64. The predicted octanol–water partition coefficient (Wildman–Crippen LogP) is 4.18. The molecule has 2 heteroatoms. The van der Waals surface area contributed by atoms with Crippen molar-refractivity contribution >= 4 is 0 Å². The van der Waals surface area contributed by atoms with Gasteiger partial charge in [-0.1, -0.05) is 39.5 Å². The van der Waals surface area contributed by atoms with Gasteiger partial charge in [0.15, 0.2) is 0 Å². The molecular formula is C14H30O2. The molecule has 0 aliphatic heterocycles. The molecule has 0 rings (SSSR count). The van der Waals surface area contributed by atoms with Gasteiger partial charge in [0.25, 0.3) is 0 Å². The lowest BCUT2D eigenvalue weighted by atomic mass is 9.86. The Morgan fingerprint density at radius 2 is 1.31 bits per heavy atom. The van der Waals surface area contributed by atoms with Crippen LogP contribution in [-0.2, 0) is 9.47 Å². The first-order chi connectivity index (χ1) is 7.74. The van der Waals surface area contributed by atoms with E-state index in [-0.39, 0.29) is 5.60 Å². The quantitative estimate of drug-likeness (QED) is 0.496. The van der Waals surface area contributed by atoms with Gasteiger partial charge in [-0.3, -0.25) is 0 Å². The molecule has 0 saturated carbocycles. The van der Waals surface area contributed by atoms with Crippen molar-refractivity contribution in [2.75, 3.05) is 20.8 Å². The van der Waals surface area contributed by atoms with Crippen LogP contribution in [0.2, 0.25) is 0 Å². The molecule has 0 aliphatic carbocycles. The van der Waals surface area contributed by atoms with E-state index in [4.69, 9.17) is 9.47 Å². The van der Waals surface area contributed by atoms with E-state index in [2.05, 4.69) is 13.8 Å². The zero-order chi connectivity index (χ0) is 12.3. The molecule has 0 spiro atoms. The fraction of sp³-hybridized carbons (Fsp3) is 1.00. The van der Waals surface area contributed by atoms with Crippen LogP contribution in [0.1, 0.15) is 65.2 Å². The highest BCUT2D eigenvalue weighted by atomic mass is 16.5. The zero-order valence-electron chi connectivity index (χ0n) is 11.7. The van der Waals surface area contributed by atoms with E-state index in [0.717, 1.165) is 19.4 Å². The van der Waals surface area contributed by atoms with Gasteiger partial charge in [0.1, 0.15) is 0 Å². The lowest BCUT2D eigenvalue weighted by molar-refractivity contribution is -0.0391. The van der Waals surface area contributed by atoms with Gasteiger partial charge < -0.3 is 9.47 Å². The molecule has 98 valence electrons. The van der Waals surface area contributed by atoms with Gasteiger partial charge in [0.2, 0.25) is 0 Å². The summed E-state index contributed by atoms with van der Waals surface area (Å²) in [6.07, 6.45) is 9.68. The normalized spacial score (nSPS) is 12.0. The molecule has 2 nitrogen and oxygen atoms in total. The van der Waals surface area contributed by atoms with E-state index in [1.165, 1.54) is 38.5 Å². The monoisotopic (exact) mass is 230 g/mol. The number of hydrogen-bond donors (Lipinski definition) is 0. The van der Waals surface area contributed by atoms with Gasteiger partial charge in [-0.2, -0.15) is 0 Å². The van der Waals surface area contributed by atoms with Crippen molar-refractivity contribution in [3.05, 3.63) is 0 Å². The molecule has 0 N–H and O–H groups in total. The van der Waals surface area contributed by atoms with Crippen LogP contribution in [0.3, 0.4) is 0 Å². The first kappa shape index (κ1) is 15.9. The first-order valence-corrected chi connectivity index (χ1v) is 6.78. The second kappa shape index (κ2) is 10.1. The molecule has 0 fully saturated rings. The molecule has 0 atom stereocenters. The number of unbranched alkanes of at least 4 members (excludes halogenated alkanes) is 2. The van der Waals surface area contributed by atoms with Crippen molar-refractivity contribution in [3.63, 3.8) is 0 Å². The number of hydrogen-bond acceptors (Lipinski definition) is 2. The van der Waals surface area contributed by atoms with Crippen molar-refractivity contribution in [3.8, 4) is 0 Å². The molecule has 0 heterocycles. The Morgan fingerprint density at radius 1 is 0.812 bits per heavy atom. The summed E-state index contributed by atoms with van der Waals surface area (Å²) in [6.45, 7) is 5.34. The summed E-state index contributed by atoms with van der Waals surface area (Å²) in [6, 6.07) is 0. The van der Waals surface area contributed by atoms with E-state index in [1.54, 1.807) is 7.11 Å². The van der Waals surface area contributed by atoms with Crippen LogP contribution in [-0.4, -0.2) is 26.4 Å². The van der Waals surface area contributed by atoms with Crippen LogP contribution in [0.15, 0.2) is 0 Å². The van der Waals surface area contributed by atoms with Gasteiger partial charge in [-0.05, 0) is 25.7 Å². The van der Waals surface area contributed by atoms with E-state index in [1.807, 2.05) is 7.11 Å². The third-order valence-electron chi connectivity index (χ3n) is 3.39. The summed E-state index contributed by atoms with van der Waals surface area (Å²) in [4.78, 5) is 0. The van der Waals surface area contributed by atoms with Crippen molar-refractivity contribution < 1.29 is 9.47 Å². The highest BCUT2D eigenvalue weighted by Crippen LogP contribution is 2.30. The molecule has 0 bridgehead atoms. The minimum atomic E-state index is 0.116. The molecule has 0 amide bonds. The van der Waals surface area contributed by atoms with Crippen LogP contribution < -0.4 is 0 Å². The summed E-state index contributed by atoms with van der Waals surface area (Å²) >= 11 is 0. The van der Waals surface area contributed by atoms with Crippen LogP contribution in [0.5, 0.6) is 0 Å². The SMILES string of the molecule is CCCCC(CCCC)(CCCOC)OC. The van der Waals surface area contributed by atoms with Crippen LogP contribution in [0.25, 0.3) is 0 Å². The van der Waals surface area contributed by atoms with Crippen LogP contribution in [0.4, 0.5) is 0 Å². The Kier molecular flexibility index (Phi) is 10.0. The predicted molar refractivity (Wildman–Crippen MR) is 69.9 cm³/mol. The van der Waals surface area contributed by atoms with E-state index < -0.39 is 0 Å². The first-order valence-electron chi connectivity index (χ1n) is 6.78. The molecule has 0 unspecified atom stereocenters. The van der Waals surface area contributed by atoms with Gasteiger partial charge in [-0.25, -0.2) is 0 Å². The zero-order valence-corrected chi connectivity index (χ0v) is 11.7. The third-order valence-corrected chi connectivity index (χ3v) is 3.39. The number of methoxy groups -OCH3 is 2. The second-order valence-electron chi connectivity index (χ2n) is 4.69.